The Labute approximate surface area is 176 Å². The summed E-state index contributed by atoms with van der Waals surface area (Å²) < 4.78 is 10.7. The van der Waals surface area contributed by atoms with E-state index >= 15 is 0 Å². The van der Waals surface area contributed by atoms with Crippen molar-refractivity contribution < 1.29 is 34.1 Å². The zero-order valence-electron chi connectivity index (χ0n) is 17.5. The average Bonchev–Trinajstić information content (AvgIpc) is 3.29. The van der Waals surface area contributed by atoms with Crippen LogP contribution < -0.4 is 9.47 Å². The van der Waals surface area contributed by atoms with E-state index in [1.165, 1.54) is 18.4 Å². The van der Waals surface area contributed by atoms with Gasteiger partial charge in [-0.05, 0) is 56.5 Å². The highest BCUT2D eigenvalue weighted by molar-refractivity contribution is 6.27. The fraction of sp³-hybridized carbons (Fsp3) is 0.571. The predicted molar refractivity (Wildman–Crippen MR) is 109 cm³/mol. The third kappa shape index (κ3) is 6.62. The third-order valence-corrected chi connectivity index (χ3v) is 5.39. The summed E-state index contributed by atoms with van der Waals surface area (Å²) in [6, 6.07) is 6.08. The molecule has 1 amide bonds. The van der Waals surface area contributed by atoms with Gasteiger partial charge in [0, 0.05) is 25.6 Å². The molecule has 166 valence electrons. The van der Waals surface area contributed by atoms with Crippen molar-refractivity contribution in [2.45, 2.75) is 32.2 Å². The number of carboxylic acids is 2. The van der Waals surface area contributed by atoms with Gasteiger partial charge in [0.1, 0.15) is 0 Å². The number of carbonyl (C=O) groups is 3. The first kappa shape index (κ1) is 23.5. The number of rotatable bonds is 5. The Morgan fingerprint density at radius 1 is 0.933 bits per heavy atom. The lowest BCUT2D eigenvalue weighted by atomic mass is 9.95. The van der Waals surface area contributed by atoms with E-state index in [9.17, 15) is 4.79 Å². The van der Waals surface area contributed by atoms with E-state index in [0.29, 0.717) is 5.91 Å². The van der Waals surface area contributed by atoms with Gasteiger partial charge in [0.15, 0.2) is 11.5 Å². The molecular formula is C21H30N2O7. The number of methoxy groups -OCH3 is 2. The summed E-state index contributed by atoms with van der Waals surface area (Å²) >= 11 is 0. The first-order valence-electron chi connectivity index (χ1n) is 10.0. The van der Waals surface area contributed by atoms with Crippen molar-refractivity contribution in [2.75, 3.05) is 40.4 Å². The molecule has 0 aromatic heterocycles. The maximum absolute atomic E-state index is 12.5. The summed E-state index contributed by atoms with van der Waals surface area (Å²) in [5, 5.41) is 14.8. The summed E-state index contributed by atoms with van der Waals surface area (Å²) in [5.41, 5.74) is 1.22. The van der Waals surface area contributed by atoms with Crippen molar-refractivity contribution in [3.63, 3.8) is 0 Å². The van der Waals surface area contributed by atoms with Crippen molar-refractivity contribution >= 4 is 17.8 Å². The first-order valence-corrected chi connectivity index (χ1v) is 10.0. The summed E-state index contributed by atoms with van der Waals surface area (Å²) in [6.45, 7) is 4.79. The molecule has 2 fully saturated rings. The Balaban J connectivity index is 0.000000469. The zero-order chi connectivity index (χ0) is 22.1. The molecule has 0 atom stereocenters. The zero-order valence-corrected chi connectivity index (χ0v) is 17.5. The van der Waals surface area contributed by atoms with Gasteiger partial charge in [-0.2, -0.15) is 0 Å². The summed E-state index contributed by atoms with van der Waals surface area (Å²) in [4.78, 5) is 35.2. The lowest BCUT2D eigenvalue weighted by molar-refractivity contribution is -0.159. The average molecular weight is 422 g/mol. The SMILES string of the molecule is COc1ccc(CN2CCC(C(=O)N3CCCC3)CC2)cc1OC.O=C(O)C(=O)O. The van der Waals surface area contributed by atoms with Crippen LogP contribution in [0.2, 0.25) is 0 Å². The van der Waals surface area contributed by atoms with Crippen LogP contribution in [0.15, 0.2) is 18.2 Å². The number of piperidine rings is 1. The molecule has 30 heavy (non-hydrogen) atoms. The van der Waals surface area contributed by atoms with Crippen LogP contribution in [0.1, 0.15) is 31.2 Å². The minimum absolute atomic E-state index is 0.227. The molecule has 2 N–H and O–H groups in total. The van der Waals surface area contributed by atoms with Crippen LogP contribution in [0.3, 0.4) is 0 Å². The third-order valence-electron chi connectivity index (χ3n) is 5.39. The molecule has 2 aliphatic heterocycles. The largest absolute Gasteiger partial charge is 0.493 e. The molecule has 0 aliphatic carbocycles. The van der Waals surface area contributed by atoms with Crippen LogP contribution in [0.25, 0.3) is 0 Å². The van der Waals surface area contributed by atoms with Gasteiger partial charge >= 0.3 is 11.9 Å². The highest BCUT2D eigenvalue weighted by Crippen LogP contribution is 2.29. The molecule has 2 saturated heterocycles. The number of hydrogen-bond acceptors (Lipinski definition) is 6. The topological polar surface area (TPSA) is 117 Å². The van der Waals surface area contributed by atoms with E-state index in [4.69, 9.17) is 29.3 Å². The highest BCUT2D eigenvalue weighted by atomic mass is 16.5. The van der Waals surface area contributed by atoms with E-state index in [1.54, 1.807) is 14.2 Å². The lowest BCUT2D eigenvalue weighted by Crippen LogP contribution is -2.41. The van der Waals surface area contributed by atoms with Crippen LogP contribution in [0, 0.1) is 5.92 Å². The van der Waals surface area contributed by atoms with E-state index in [-0.39, 0.29) is 5.92 Å². The van der Waals surface area contributed by atoms with Crippen LogP contribution in [0.4, 0.5) is 0 Å². The second-order valence-corrected chi connectivity index (χ2v) is 7.38. The van der Waals surface area contributed by atoms with Crippen LogP contribution >= 0.6 is 0 Å². The van der Waals surface area contributed by atoms with Gasteiger partial charge < -0.3 is 24.6 Å². The molecule has 1 aromatic carbocycles. The minimum atomic E-state index is -1.82. The normalized spacial score (nSPS) is 17.1. The summed E-state index contributed by atoms with van der Waals surface area (Å²) in [7, 11) is 3.32. The van der Waals surface area contributed by atoms with Crippen LogP contribution in [-0.4, -0.2) is 78.3 Å². The van der Waals surface area contributed by atoms with Gasteiger partial charge in [0.2, 0.25) is 5.91 Å². The Morgan fingerprint density at radius 2 is 1.50 bits per heavy atom. The molecule has 9 heteroatoms. The number of carboxylic acid groups (broad SMARTS) is 2. The standard InChI is InChI=1S/C19H28N2O3.C2H2O4/c1-23-17-6-5-15(13-18(17)24-2)14-20-11-7-16(8-12-20)19(22)21-9-3-4-10-21;3-1(4)2(5)6/h5-6,13,16H,3-4,7-12,14H2,1-2H3;(H,3,4)(H,5,6). The van der Waals surface area contributed by atoms with E-state index in [1.807, 2.05) is 12.1 Å². The molecule has 3 rings (SSSR count). The van der Waals surface area contributed by atoms with Crippen molar-refractivity contribution in [1.29, 1.82) is 0 Å². The Kier molecular flexibility index (Phi) is 8.91. The Bertz CT molecular complexity index is 727. The van der Waals surface area contributed by atoms with Gasteiger partial charge in [-0.25, -0.2) is 9.59 Å². The molecule has 9 nitrogen and oxygen atoms in total. The predicted octanol–water partition coefficient (Wildman–Crippen LogP) is 1.69. The number of aliphatic carboxylic acids is 2. The first-order chi connectivity index (χ1) is 14.3. The van der Waals surface area contributed by atoms with E-state index in [2.05, 4.69) is 15.9 Å². The van der Waals surface area contributed by atoms with Crippen molar-refractivity contribution in [1.82, 2.24) is 9.80 Å². The number of hydrogen-bond donors (Lipinski definition) is 2. The van der Waals surface area contributed by atoms with E-state index < -0.39 is 11.9 Å². The molecule has 0 bridgehead atoms. The van der Waals surface area contributed by atoms with Gasteiger partial charge in [0.05, 0.1) is 14.2 Å². The number of benzene rings is 1. The molecule has 2 aliphatic rings. The van der Waals surface area contributed by atoms with Crippen molar-refractivity contribution in [3.05, 3.63) is 23.8 Å². The van der Waals surface area contributed by atoms with Crippen LogP contribution in [0.5, 0.6) is 11.5 Å². The fourth-order valence-corrected chi connectivity index (χ4v) is 3.77. The quantitative estimate of drug-likeness (QED) is 0.689. The number of nitrogens with zero attached hydrogens (tertiary/aromatic N) is 2. The molecule has 2 heterocycles. The maximum atomic E-state index is 12.5. The van der Waals surface area contributed by atoms with Gasteiger partial charge in [-0.15, -0.1) is 0 Å². The summed E-state index contributed by atoms with van der Waals surface area (Å²) in [5.74, 6) is -1.50. The van der Waals surface area contributed by atoms with Crippen LogP contribution in [-0.2, 0) is 20.9 Å². The number of carbonyl (C=O) groups excluding carboxylic acids is 1. The van der Waals surface area contributed by atoms with Gasteiger partial charge in [0.25, 0.3) is 0 Å². The van der Waals surface area contributed by atoms with Crippen molar-refractivity contribution in [3.8, 4) is 11.5 Å². The molecule has 0 spiro atoms. The number of ether oxygens (including phenoxy) is 2. The molecule has 0 saturated carbocycles. The fourth-order valence-electron chi connectivity index (χ4n) is 3.77. The Morgan fingerprint density at radius 3 is 2.00 bits per heavy atom. The molecule has 0 unspecified atom stereocenters. The smallest absolute Gasteiger partial charge is 0.414 e. The van der Waals surface area contributed by atoms with Gasteiger partial charge in [-0.1, -0.05) is 6.07 Å². The maximum Gasteiger partial charge on any atom is 0.414 e. The second kappa shape index (κ2) is 11.4. The van der Waals surface area contributed by atoms with Crippen molar-refractivity contribution in [2.24, 2.45) is 5.92 Å². The molecule has 1 aromatic rings. The molecular weight excluding hydrogens is 392 g/mol. The lowest BCUT2D eigenvalue weighted by Gasteiger charge is -2.33. The summed E-state index contributed by atoms with van der Waals surface area (Å²) in [6.07, 6.45) is 4.29. The monoisotopic (exact) mass is 422 g/mol. The number of amides is 1. The highest BCUT2D eigenvalue weighted by Gasteiger charge is 2.29. The minimum Gasteiger partial charge on any atom is -0.493 e. The number of likely N-dealkylation sites (tertiary alicyclic amines) is 2. The van der Waals surface area contributed by atoms with Gasteiger partial charge in [-0.3, -0.25) is 9.69 Å². The second-order valence-electron chi connectivity index (χ2n) is 7.38. The molecule has 0 radical (unpaired) electrons. The van der Waals surface area contributed by atoms with E-state index in [0.717, 1.165) is 57.1 Å². The Hall–Kier alpha value is -2.81.